The lowest BCUT2D eigenvalue weighted by Crippen LogP contribution is -2.43. The van der Waals surface area contributed by atoms with Crippen LogP contribution in [0.1, 0.15) is 18.4 Å². The van der Waals surface area contributed by atoms with Gasteiger partial charge < -0.3 is 5.32 Å². The Morgan fingerprint density at radius 2 is 1.75 bits per heavy atom. The minimum absolute atomic E-state index is 0.0761. The number of sulfonamides is 1. The molecule has 9 heteroatoms. The predicted octanol–water partition coefficient (Wildman–Crippen LogP) is 3.45. The average Bonchev–Trinajstić information content (AvgIpc) is 2.69. The predicted molar refractivity (Wildman–Crippen MR) is 97.6 cm³/mol. The monoisotopic (exact) mass is 412 g/mol. The molecule has 1 saturated heterocycles. The average molecular weight is 412 g/mol. The maximum atomic E-state index is 13.8. The van der Waals surface area contributed by atoms with Gasteiger partial charge in [0.1, 0.15) is 0 Å². The number of piperidine rings is 1. The van der Waals surface area contributed by atoms with Crippen LogP contribution in [0.25, 0.3) is 0 Å². The molecule has 1 heterocycles. The highest BCUT2D eigenvalue weighted by Crippen LogP contribution is 2.26. The number of aryl methyl sites for hydroxylation is 1. The highest BCUT2D eigenvalue weighted by Gasteiger charge is 2.33. The zero-order valence-electron chi connectivity index (χ0n) is 15.1. The zero-order chi connectivity index (χ0) is 20.5. The summed E-state index contributed by atoms with van der Waals surface area (Å²) in [6.45, 7) is 2.03. The van der Waals surface area contributed by atoms with Crippen molar-refractivity contribution in [3.63, 3.8) is 0 Å². The van der Waals surface area contributed by atoms with Crippen LogP contribution in [0, 0.1) is 30.3 Å². The van der Waals surface area contributed by atoms with Crippen LogP contribution in [0.4, 0.5) is 18.9 Å². The first kappa shape index (κ1) is 20.3. The van der Waals surface area contributed by atoms with E-state index in [4.69, 9.17) is 0 Å². The summed E-state index contributed by atoms with van der Waals surface area (Å²) in [7, 11) is -3.77. The maximum absolute atomic E-state index is 13.8. The number of carbonyl (C=O) groups excluding carboxylic acids is 1. The van der Waals surface area contributed by atoms with Gasteiger partial charge in [-0.1, -0.05) is 17.7 Å². The maximum Gasteiger partial charge on any atom is 0.243 e. The quantitative estimate of drug-likeness (QED) is 0.783. The number of halogens is 3. The SMILES string of the molecule is Cc1ccc(S(=O)(=O)N2CCCC(C(=O)Nc3ccc(F)c(F)c3F)C2)cc1. The highest BCUT2D eigenvalue weighted by atomic mass is 32.2. The number of carbonyl (C=O) groups is 1. The Morgan fingerprint density at radius 1 is 1.07 bits per heavy atom. The van der Waals surface area contributed by atoms with Gasteiger partial charge in [-0.25, -0.2) is 21.6 Å². The normalized spacial score (nSPS) is 18.1. The van der Waals surface area contributed by atoms with E-state index in [2.05, 4.69) is 5.32 Å². The van der Waals surface area contributed by atoms with E-state index in [1.165, 1.54) is 16.4 Å². The largest absolute Gasteiger partial charge is 0.323 e. The molecule has 0 saturated carbocycles. The van der Waals surface area contributed by atoms with Crippen LogP contribution in [-0.4, -0.2) is 31.7 Å². The van der Waals surface area contributed by atoms with E-state index in [1.807, 2.05) is 6.92 Å². The first-order valence-corrected chi connectivity index (χ1v) is 10.2. The van der Waals surface area contributed by atoms with Gasteiger partial charge in [-0.2, -0.15) is 4.31 Å². The molecule has 0 spiro atoms. The molecule has 0 bridgehead atoms. The summed E-state index contributed by atoms with van der Waals surface area (Å²) in [6, 6.07) is 8.02. The Balaban J connectivity index is 1.75. The van der Waals surface area contributed by atoms with E-state index in [1.54, 1.807) is 12.1 Å². The van der Waals surface area contributed by atoms with Crippen LogP contribution < -0.4 is 5.32 Å². The van der Waals surface area contributed by atoms with E-state index < -0.39 is 45.0 Å². The van der Waals surface area contributed by atoms with E-state index in [0.29, 0.717) is 18.9 Å². The molecule has 1 aliphatic rings. The van der Waals surface area contributed by atoms with Gasteiger partial charge in [0, 0.05) is 13.1 Å². The molecular formula is C19H19F3N2O3S. The fourth-order valence-electron chi connectivity index (χ4n) is 3.09. The highest BCUT2D eigenvalue weighted by molar-refractivity contribution is 7.89. The number of anilines is 1. The van der Waals surface area contributed by atoms with E-state index in [9.17, 15) is 26.4 Å². The third kappa shape index (κ3) is 4.05. The molecule has 0 radical (unpaired) electrons. The number of amides is 1. The topological polar surface area (TPSA) is 66.5 Å². The smallest absolute Gasteiger partial charge is 0.243 e. The van der Waals surface area contributed by atoms with Crippen LogP contribution in [0.15, 0.2) is 41.3 Å². The van der Waals surface area contributed by atoms with Crippen molar-refractivity contribution in [2.45, 2.75) is 24.7 Å². The van der Waals surface area contributed by atoms with Gasteiger partial charge in [0.15, 0.2) is 17.5 Å². The summed E-state index contributed by atoms with van der Waals surface area (Å²) in [5.41, 5.74) is 0.436. The van der Waals surface area contributed by atoms with E-state index in [0.717, 1.165) is 11.6 Å². The Kier molecular flexibility index (Phi) is 5.76. The minimum Gasteiger partial charge on any atom is -0.323 e. The fraction of sp³-hybridized carbons (Fsp3) is 0.316. The van der Waals surface area contributed by atoms with Crippen LogP contribution >= 0.6 is 0 Å². The van der Waals surface area contributed by atoms with Crippen LogP contribution in [0.5, 0.6) is 0 Å². The lowest BCUT2D eigenvalue weighted by Gasteiger charge is -2.31. The van der Waals surface area contributed by atoms with Gasteiger partial charge in [-0.05, 0) is 44.0 Å². The van der Waals surface area contributed by atoms with Crippen LogP contribution in [-0.2, 0) is 14.8 Å². The van der Waals surface area contributed by atoms with Crippen molar-refractivity contribution in [1.29, 1.82) is 0 Å². The third-order valence-corrected chi connectivity index (χ3v) is 6.59. The van der Waals surface area contributed by atoms with Crippen LogP contribution in [0.3, 0.4) is 0 Å². The Morgan fingerprint density at radius 3 is 2.43 bits per heavy atom. The lowest BCUT2D eigenvalue weighted by molar-refractivity contribution is -0.120. The summed E-state index contributed by atoms with van der Waals surface area (Å²) in [5, 5.41) is 2.23. The molecule has 1 amide bonds. The number of nitrogens with zero attached hydrogens (tertiary/aromatic N) is 1. The number of hydrogen-bond acceptors (Lipinski definition) is 3. The molecule has 1 atom stereocenters. The molecule has 1 N–H and O–H groups in total. The Bertz CT molecular complexity index is 994. The number of nitrogens with one attached hydrogen (secondary N) is 1. The number of hydrogen-bond donors (Lipinski definition) is 1. The van der Waals surface area contributed by atoms with Gasteiger partial charge in [-0.15, -0.1) is 0 Å². The van der Waals surface area contributed by atoms with Crippen molar-refractivity contribution in [2.75, 3.05) is 18.4 Å². The van der Waals surface area contributed by atoms with Crippen molar-refractivity contribution in [1.82, 2.24) is 4.31 Å². The lowest BCUT2D eigenvalue weighted by atomic mass is 9.98. The molecule has 2 aromatic rings. The summed E-state index contributed by atoms with van der Waals surface area (Å²) < 4.78 is 66.9. The second-order valence-corrected chi connectivity index (χ2v) is 8.67. The van der Waals surface area contributed by atoms with Crippen molar-refractivity contribution in [3.8, 4) is 0 Å². The number of benzene rings is 2. The molecule has 2 aromatic carbocycles. The Hall–Kier alpha value is -2.39. The second-order valence-electron chi connectivity index (χ2n) is 6.73. The first-order chi connectivity index (χ1) is 13.2. The summed E-state index contributed by atoms with van der Waals surface area (Å²) in [5.74, 6) is -5.91. The van der Waals surface area contributed by atoms with Crippen molar-refractivity contribution in [3.05, 3.63) is 59.4 Å². The molecule has 0 aliphatic carbocycles. The standard InChI is InChI=1S/C19H19F3N2O3S/c1-12-4-6-14(7-5-12)28(26,27)24-10-2-3-13(11-24)19(25)23-16-9-8-15(20)17(21)18(16)22/h4-9,13H,2-3,10-11H2,1H3,(H,23,25). The van der Waals surface area contributed by atoms with Crippen molar-refractivity contribution < 1.29 is 26.4 Å². The molecule has 1 aliphatic heterocycles. The van der Waals surface area contributed by atoms with Crippen LogP contribution in [0.2, 0.25) is 0 Å². The van der Waals surface area contributed by atoms with E-state index in [-0.39, 0.29) is 18.0 Å². The second kappa shape index (κ2) is 7.92. The molecule has 3 rings (SSSR count). The zero-order valence-corrected chi connectivity index (χ0v) is 15.9. The fourth-order valence-corrected chi connectivity index (χ4v) is 4.62. The Labute approximate surface area is 161 Å². The molecule has 0 aromatic heterocycles. The summed E-state index contributed by atoms with van der Waals surface area (Å²) in [4.78, 5) is 12.6. The van der Waals surface area contributed by atoms with Gasteiger partial charge in [0.05, 0.1) is 16.5 Å². The number of rotatable bonds is 4. The molecule has 150 valence electrons. The van der Waals surface area contributed by atoms with Gasteiger partial charge in [-0.3, -0.25) is 4.79 Å². The first-order valence-electron chi connectivity index (χ1n) is 8.71. The van der Waals surface area contributed by atoms with Crippen molar-refractivity contribution >= 4 is 21.6 Å². The van der Waals surface area contributed by atoms with Crippen molar-refractivity contribution in [2.24, 2.45) is 5.92 Å². The van der Waals surface area contributed by atoms with Gasteiger partial charge >= 0.3 is 0 Å². The molecule has 1 unspecified atom stereocenters. The summed E-state index contributed by atoms with van der Waals surface area (Å²) >= 11 is 0. The third-order valence-electron chi connectivity index (χ3n) is 4.71. The van der Waals surface area contributed by atoms with Gasteiger partial charge in [0.2, 0.25) is 15.9 Å². The molecule has 5 nitrogen and oxygen atoms in total. The molecule has 28 heavy (non-hydrogen) atoms. The molecular weight excluding hydrogens is 393 g/mol. The van der Waals surface area contributed by atoms with E-state index >= 15 is 0 Å². The summed E-state index contributed by atoms with van der Waals surface area (Å²) in [6.07, 6.45) is 0.848. The minimum atomic E-state index is -3.77. The molecule has 1 fully saturated rings. The van der Waals surface area contributed by atoms with Gasteiger partial charge in [0.25, 0.3) is 0 Å².